The summed E-state index contributed by atoms with van der Waals surface area (Å²) in [4.78, 5) is 12.1. The normalized spacial score (nSPS) is 10.8. The molecule has 1 heterocycles. The van der Waals surface area contributed by atoms with Crippen molar-refractivity contribution < 1.29 is 14.6 Å². The van der Waals surface area contributed by atoms with Crippen molar-refractivity contribution >= 4 is 12.1 Å². The first kappa shape index (κ1) is 17.2. The molecule has 0 saturated carbocycles. The monoisotopic (exact) mass is 350 g/mol. The number of nitrogens with zero attached hydrogens (tertiary/aromatic N) is 2. The van der Waals surface area contributed by atoms with Crippen LogP contribution in [0.4, 0.5) is 0 Å². The highest BCUT2D eigenvalue weighted by Gasteiger charge is 2.10. The Hall–Kier alpha value is -3.61. The van der Waals surface area contributed by atoms with Crippen molar-refractivity contribution in [2.75, 3.05) is 6.61 Å². The van der Waals surface area contributed by atoms with Crippen molar-refractivity contribution in [1.82, 2.24) is 15.6 Å². The van der Waals surface area contributed by atoms with Crippen LogP contribution in [0.15, 0.2) is 59.7 Å². The Bertz CT molecular complexity index is 920. The molecule has 0 unspecified atom stereocenters. The number of aromatic amines is 1. The number of rotatable bonds is 6. The standard InChI is InChI=1S/C19H18N4O3/c1-2-26-15-9-8-14(18(24)10-15)12-20-23-19(25)17-11-16(21-22-17)13-6-4-3-5-7-13/h3-12,24H,2H2,1H3,(H,21,22)(H,23,25). The summed E-state index contributed by atoms with van der Waals surface area (Å²) in [7, 11) is 0. The van der Waals surface area contributed by atoms with Crippen LogP contribution in [-0.4, -0.2) is 34.0 Å². The second kappa shape index (κ2) is 7.98. The number of H-pyrrole nitrogens is 1. The third-order valence-corrected chi connectivity index (χ3v) is 3.57. The first-order chi connectivity index (χ1) is 12.7. The van der Waals surface area contributed by atoms with Gasteiger partial charge in [0.05, 0.1) is 18.5 Å². The number of phenols is 1. The smallest absolute Gasteiger partial charge is 0.289 e. The van der Waals surface area contributed by atoms with E-state index < -0.39 is 5.91 Å². The fourth-order valence-electron chi connectivity index (χ4n) is 2.30. The van der Waals surface area contributed by atoms with Gasteiger partial charge in [-0.1, -0.05) is 30.3 Å². The van der Waals surface area contributed by atoms with Crippen molar-refractivity contribution in [2.45, 2.75) is 6.92 Å². The van der Waals surface area contributed by atoms with E-state index in [0.29, 0.717) is 23.6 Å². The summed E-state index contributed by atoms with van der Waals surface area (Å²) in [5.74, 6) is 0.153. The van der Waals surface area contributed by atoms with Crippen LogP contribution >= 0.6 is 0 Å². The molecule has 0 aliphatic rings. The number of carbonyl (C=O) groups excluding carboxylic acids is 1. The van der Waals surface area contributed by atoms with Gasteiger partial charge in [0, 0.05) is 17.2 Å². The molecule has 0 spiro atoms. The molecule has 7 heteroatoms. The second-order valence-corrected chi connectivity index (χ2v) is 5.39. The maximum atomic E-state index is 12.1. The highest BCUT2D eigenvalue weighted by molar-refractivity contribution is 5.94. The van der Waals surface area contributed by atoms with Crippen molar-refractivity contribution in [3.8, 4) is 22.8 Å². The molecule has 0 fully saturated rings. The van der Waals surface area contributed by atoms with Crippen molar-refractivity contribution in [1.29, 1.82) is 0 Å². The highest BCUT2D eigenvalue weighted by Crippen LogP contribution is 2.22. The Labute approximate surface area is 150 Å². The van der Waals surface area contributed by atoms with Gasteiger partial charge in [0.25, 0.3) is 5.91 Å². The molecule has 0 radical (unpaired) electrons. The zero-order valence-electron chi connectivity index (χ0n) is 14.1. The van der Waals surface area contributed by atoms with E-state index in [2.05, 4.69) is 20.7 Å². The lowest BCUT2D eigenvalue weighted by Crippen LogP contribution is -2.18. The predicted octanol–water partition coefficient (Wildman–Crippen LogP) is 2.94. The zero-order chi connectivity index (χ0) is 18.4. The van der Waals surface area contributed by atoms with Gasteiger partial charge >= 0.3 is 0 Å². The summed E-state index contributed by atoms with van der Waals surface area (Å²) in [5, 5.41) is 20.6. The van der Waals surface area contributed by atoms with Gasteiger partial charge in [-0.05, 0) is 25.1 Å². The van der Waals surface area contributed by atoms with Crippen molar-refractivity contribution in [3.63, 3.8) is 0 Å². The average molecular weight is 350 g/mol. The van der Waals surface area contributed by atoms with Crippen LogP contribution in [-0.2, 0) is 0 Å². The second-order valence-electron chi connectivity index (χ2n) is 5.39. The Balaban J connectivity index is 1.64. The number of aromatic nitrogens is 2. The molecule has 0 saturated heterocycles. The fraction of sp³-hybridized carbons (Fsp3) is 0.105. The SMILES string of the molecule is CCOc1ccc(C=NNC(=O)c2cc(-c3ccccc3)n[nH]2)c(O)c1. The number of amides is 1. The molecule has 0 bridgehead atoms. The van der Waals surface area contributed by atoms with Gasteiger partial charge < -0.3 is 9.84 Å². The fourth-order valence-corrected chi connectivity index (χ4v) is 2.30. The van der Waals surface area contributed by atoms with Crippen molar-refractivity contribution in [2.24, 2.45) is 5.10 Å². The summed E-state index contributed by atoms with van der Waals surface area (Å²) in [6.07, 6.45) is 1.36. The van der Waals surface area contributed by atoms with E-state index in [9.17, 15) is 9.90 Å². The molecule has 1 aromatic heterocycles. The van der Waals surface area contributed by atoms with Crippen LogP contribution in [0, 0.1) is 0 Å². The molecule has 0 atom stereocenters. The summed E-state index contributed by atoms with van der Waals surface area (Å²) < 4.78 is 5.30. The van der Waals surface area contributed by atoms with E-state index in [4.69, 9.17) is 4.74 Å². The minimum Gasteiger partial charge on any atom is -0.507 e. The number of carbonyl (C=O) groups is 1. The molecule has 0 aliphatic carbocycles. The van der Waals surface area contributed by atoms with Crippen LogP contribution in [0.5, 0.6) is 11.5 Å². The predicted molar refractivity (Wildman–Crippen MR) is 98.4 cm³/mol. The van der Waals surface area contributed by atoms with Gasteiger partial charge in [-0.15, -0.1) is 0 Å². The van der Waals surface area contributed by atoms with E-state index >= 15 is 0 Å². The highest BCUT2D eigenvalue weighted by atomic mass is 16.5. The zero-order valence-corrected chi connectivity index (χ0v) is 14.1. The summed E-state index contributed by atoms with van der Waals surface area (Å²) in [6, 6.07) is 16.0. The summed E-state index contributed by atoms with van der Waals surface area (Å²) >= 11 is 0. The number of nitrogens with one attached hydrogen (secondary N) is 2. The first-order valence-electron chi connectivity index (χ1n) is 8.07. The van der Waals surface area contributed by atoms with Gasteiger partial charge in [0.15, 0.2) is 0 Å². The number of aromatic hydroxyl groups is 1. The van der Waals surface area contributed by atoms with Gasteiger partial charge in [-0.25, -0.2) is 5.43 Å². The number of hydrazone groups is 1. The lowest BCUT2D eigenvalue weighted by atomic mass is 10.1. The molecule has 7 nitrogen and oxygen atoms in total. The molecule has 3 rings (SSSR count). The quantitative estimate of drug-likeness (QED) is 0.470. The minimum absolute atomic E-state index is 0.0156. The molecule has 1 amide bonds. The van der Waals surface area contributed by atoms with Crippen LogP contribution in [0.2, 0.25) is 0 Å². The first-order valence-corrected chi connectivity index (χ1v) is 8.07. The van der Waals surface area contributed by atoms with Crippen LogP contribution in [0.3, 0.4) is 0 Å². The largest absolute Gasteiger partial charge is 0.507 e. The van der Waals surface area contributed by atoms with Crippen LogP contribution in [0.1, 0.15) is 23.0 Å². The molecular formula is C19H18N4O3. The Morgan fingerprint density at radius 3 is 2.81 bits per heavy atom. The molecule has 26 heavy (non-hydrogen) atoms. The third-order valence-electron chi connectivity index (χ3n) is 3.57. The molecule has 0 aliphatic heterocycles. The molecule has 3 aromatic rings. The minimum atomic E-state index is -0.429. The number of phenolic OH excluding ortho intramolecular Hbond substituents is 1. The molecular weight excluding hydrogens is 332 g/mol. The van der Waals surface area contributed by atoms with Crippen LogP contribution < -0.4 is 10.2 Å². The van der Waals surface area contributed by atoms with E-state index in [1.54, 1.807) is 18.2 Å². The Morgan fingerprint density at radius 2 is 2.08 bits per heavy atom. The van der Waals surface area contributed by atoms with Crippen LogP contribution in [0.25, 0.3) is 11.3 Å². The maximum absolute atomic E-state index is 12.1. The Morgan fingerprint density at radius 1 is 1.27 bits per heavy atom. The Kier molecular flexibility index (Phi) is 5.28. The summed E-state index contributed by atoms with van der Waals surface area (Å²) in [6.45, 7) is 2.37. The van der Waals surface area contributed by atoms with Gasteiger partial charge in [-0.3, -0.25) is 9.89 Å². The lowest BCUT2D eigenvalue weighted by molar-refractivity contribution is 0.0950. The van der Waals surface area contributed by atoms with Gasteiger partial charge in [-0.2, -0.15) is 10.2 Å². The number of hydrogen-bond donors (Lipinski definition) is 3. The maximum Gasteiger partial charge on any atom is 0.289 e. The molecule has 2 aromatic carbocycles. The van der Waals surface area contributed by atoms with Gasteiger partial charge in [0.1, 0.15) is 17.2 Å². The van der Waals surface area contributed by atoms with E-state index in [-0.39, 0.29) is 11.4 Å². The third kappa shape index (κ3) is 4.07. The molecule has 3 N–H and O–H groups in total. The van der Waals surface area contributed by atoms with E-state index in [1.165, 1.54) is 12.3 Å². The summed E-state index contributed by atoms with van der Waals surface area (Å²) in [5.41, 5.74) is 4.72. The average Bonchev–Trinajstić information content (AvgIpc) is 3.15. The number of hydrogen-bond acceptors (Lipinski definition) is 5. The van der Waals surface area contributed by atoms with Gasteiger partial charge in [0.2, 0.25) is 0 Å². The van der Waals surface area contributed by atoms with E-state index in [1.807, 2.05) is 37.3 Å². The topological polar surface area (TPSA) is 99.6 Å². The lowest BCUT2D eigenvalue weighted by Gasteiger charge is -2.04. The number of benzene rings is 2. The van der Waals surface area contributed by atoms with Crippen molar-refractivity contribution in [3.05, 3.63) is 65.9 Å². The number of ether oxygens (including phenoxy) is 1. The van der Waals surface area contributed by atoms with E-state index in [0.717, 1.165) is 5.56 Å². The molecule has 132 valence electrons.